The smallest absolute Gasteiger partial charge is 0.228 e. The van der Waals surface area contributed by atoms with E-state index in [1.807, 2.05) is 0 Å². The highest BCUT2D eigenvalue weighted by atomic mass is 16.5. The fraction of sp³-hybridized carbons (Fsp3) is 0.857. The first-order chi connectivity index (χ1) is 9.32. The van der Waals surface area contributed by atoms with E-state index in [4.69, 9.17) is 9.26 Å². The van der Waals surface area contributed by atoms with Crippen LogP contribution in [-0.2, 0) is 16.8 Å². The van der Waals surface area contributed by atoms with Crippen molar-refractivity contribution in [2.75, 3.05) is 13.7 Å². The Kier molecular flexibility index (Phi) is 3.84. The van der Waals surface area contributed by atoms with E-state index in [1.54, 1.807) is 7.11 Å². The van der Waals surface area contributed by atoms with Gasteiger partial charge < -0.3 is 14.6 Å². The van der Waals surface area contributed by atoms with Crippen LogP contribution in [0.2, 0.25) is 0 Å². The number of methoxy groups -OCH3 is 1. The van der Waals surface area contributed by atoms with Crippen molar-refractivity contribution in [3.05, 3.63) is 11.7 Å². The Bertz CT molecular complexity index is 409. The van der Waals surface area contributed by atoms with Crippen molar-refractivity contribution < 1.29 is 9.26 Å². The number of rotatable bonds is 6. The van der Waals surface area contributed by atoms with Gasteiger partial charge in [-0.2, -0.15) is 4.98 Å². The van der Waals surface area contributed by atoms with Crippen LogP contribution in [-0.4, -0.2) is 29.8 Å². The molecule has 3 rings (SSSR count). The summed E-state index contributed by atoms with van der Waals surface area (Å²) in [5.41, 5.74) is -0.302. The Morgan fingerprint density at radius 2 is 2.11 bits per heavy atom. The molecular weight excluding hydrogens is 242 g/mol. The molecule has 0 aliphatic heterocycles. The zero-order valence-electron chi connectivity index (χ0n) is 11.7. The highest BCUT2D eigenvalue weighted by Gasteiger charge is 2.38. The maximum absolute atomic E-state index is 5.73. The van der Waals surface area contributed by atoms with Gasteiger partial charge in [0.2, 0.25) is 11.7 Å². The summed E-state index contributed by atoms with van der Waals surface area (Å²) in [5.74, 6) is 1.47. The topological polar surface area (TPSA) is 60.2 Å². The first-order valence-electron chi connectivity index (χ1n) is 7.44. The summed E-state index contributed by atoms with van der Waals surface area (Å²) in [6.07, 6.45) is 9.07. The number of nitrogens with zero attached hydrogens (tertiary/aromatic N) is 2. The van der Waals surface area contributed by atoms with Gasteiger partial charge in [0.1, 0.15) is 5.60 Å². The SMILES string of the molecule is COC1(c2noc(CCNC3CC3)n2)CCCCC1. The van der Waals surface area contributed by atoms with Gasteiger partial charge in [0.15, 0.2) is 0 Å². The van der Waals surface area contributed by atoms with Crippen molar-refractivity contribution in [3.8, 4) is 0 Å². The van der Waals surface area contributed by atoms with E-state index in [0.717, 1.165) is 43.6 Å². The van der Waals surface area contributed by atoms with Crippen LogP contribution in [0.5, 0.6) is 0 Å². The van der Waals surface area contributed by atoms with Crippen LogP contribution in [0, 0.1) is 0 Å². The Balaban J connectivity index is 1.61. The van der Waals surface area contributed by atoms with Crippen LogP contribution in [0.4, 0.5) is 0 Å². The third kappa shape index (κ3) is 2.98. The average Bonchev–Trinajstić information content (AvgIpc) is 3.15. The molecule has 0 spiro atoms. The molecular formula is C14H23N3O2. The van der Waals surface area contributed by atoms with Gasteiger partial charge in [-0.3, -0.25) is 0 Å². The standard InChI is InChI=1S/C14H23N3O2/c1-18-14(8-3-2-4-9-14)13-16-12(19-17-13)7-10-15-11-5-6-11/h11,15H,2-10H2,1H3. The lowest BCUT2D eigenvalue weighted by molar-refractivity contribution is -0.0527. The zero-order chi connectivity index (χ0) is 13.1. The predicted molar refractivity (Wildman–Crippen MR) is 70.8 cm³/mol. The number of hydrogen-bond donors (Lipinski definition) is 1. The van der Waals surface area contributed by atoms with Gasteiger partial charge in [0, 0.05) is 26.1 Å². The van der Waals surface area contributed by atoms with Gasteiger partial charge in [0.05, 0.1) is 0 Å². The molecule has 2 aliphatic carbocycles. The second kappa shape index (κ2) is 5.59. The first kappa shape index (κ1) is 13.1. The molecule has 0 aromatic carbocycles. The molecule has 19 heavy (non-hydrogen) atoms. The second-order valence-corrected chi connectivity index (χ2v) is 5.75. The predicted octanol–water partition coefficient (Wildman–Crippen LogP) is 2.17. The minimum atomic E-state index is -0.302. The largest absolute Gasteiger partial charge is 0.370 e. The van der Waals surface area contributed by atoms with Crippen molar-refractivity contribution in [3.63, 3.8) is 0 Å². The van der Waals surface area contributed by atoms with E-state index in [-0.39, 0.29) is 5.60 Å². The molecule has 0 amide bonds. The van der Waals surface area contributed by atoms with Gasteiger partial charge in [-0.15, -0.1) is 0 Å². The maximum atomic E-state index is 5.73. The lowest BCUT2D eigenvalue weighted by Gasteiger charge is -2.32. The van der Waals surface area contributed by atoms with Crippen LogP contribution in [0.1, 0.15) is 56.7 Å². The van der Waals surface area contributed by atoms with Crippen LogP contribution in [0.3, 0.4) is 0 Å². The zero-order valence-corrected chi connectivity index (χ0v) is 11.7. The van der Waals surface area contributed by atoms with Crippen molar-refractivity contribution in [1.29, 1.82) is 0 Å². The first-order valence-corrected chi connectivity index (χ1v) is 7.44. The summed E-state index contributed by atoms with van der Waals surface area (Å²) in [5, 5.41) is 7.62. The Morgan fingerprint density at radius 3 is 2.79 bits per heavy atom. The van der Waals surface area contributed by atoms with Gasteiger partial charge in [-0.1, -0.05) is 24.4 Å². The molecule has 2 aliphatic rings. The van der Waals surface area contributed by atoms with E-state index in [9.17, 15) is 0 Å². The van der Waals surface area contributed by atoms with E-state index in [2.05, 4.69) is 15.5 Å². The van der Waals surface area contributed by atoms with Crippen molar-refractivity contribution >= 4 is 0 Å². The summed E-state index contributed by atoms with van der Waals surface area (Å²) in [4.78, 5) is 4.55. The summed E-state index contributed by atoms with van der Waals surface area (Å²) >= 11 is 0. The fourth-order valence-electron chi connectivity index (χ4n) is 2.85. The van der Waals surface area contributed by atoms with Crippen LogP contribution < -0.4 is 5.32 Å². The molecule has 5 heteroatoms. The molecule has 1 heterocycles. The molecule has 0 radical (unpaired) electrons. The summed E-state index contributed by atoms with van der Waals surface area (Å²) in [7, 11) is 1.76. The van der Waals surface area contributed by atoms with Crippen molar-refractivity contribution in [1.82, 2.24) is 15.5 Å². The lowest BCUT2D eigenvalue weighted by atomic mass is 9.84. The normalized spacial score (nSPS) is 22.6. The van der Waals surface area contributed by atoms with Gasteiger partial charge in [-0.05, 0) is 25.7 Å². The third-order valence-corrected chi connectivity index (χ3v) is 4.28. The van der Waals surface area contributed by atoms with E-state index >= 15 is 0 Å². The lowest BCUT2D eigenvalue weighted by Crippen LogP contribution is -2.32. The summed E-state index contributed by atoms with van der Waals surface area (Å²) in [6, 6.07) is 0.728. The number of ether oxygens (including phenoxy) is 1. The van der Waals surface area contributed by atoms with E-state index in [1.165, 1.54) is 32.1 Å². The highest BCUT2D eigenvalue weighted by molar-refractivity contribution is 5.03. The number of nitrogens with one attached hydrogen (secondary N) is 1. The monoisotopic (exact) mass is 265 g/mol. The Labute approximate surface area is 114 Å². The molecule has 2 fully saturated rings. The fourth-order valence-corrected chi connectivity index (χ4v) is 2.85. The molecule has 0 atom stereocenters. The number of hydrogen-bond acceptors (Lipinski definition) is 5. The second-order valence-electron chi connectivity index (χ2n) is 5.75. The minimum Gasteiger partial charge on any atom is -0.370 e. The van der Waals surface area contributed by atoms with Crippen LogP contribution >= 0.6 is 0 Å². The molecule has 1 aromatic rings. The average molecular weight is 265 g/mol. The molecule has 106 valence electrons. The van der Waals surface area contributed by atoms with Crippen LogP contribution in [0.25, 0.3) is 0 Å². The molecule has 5 nitrogen and oxygen atoms in total. The molecule has 0 unspecified atom stereocenters. The van der Waals surface area contributed by atoms with Gasteiger partial charge >= 0.3 is 0 Å². The van der Waals surface area contributed by atoms with E-state index in [0.29, 0.717) is 0 Å². The van der Waals surface area contributed by atoms with Gasteiger partial charge in [-0.25, -0.2) is 0 Å². The Morgan fingerprint density at radius 1 is 1.32 bits per heavy atom. The molecule has 1 N–H and O–H groups in total. The minimum absolute atomic E-state index is 0.302. The highest BCUT2D eigenvalue weighted by Crippen LogP contribution is 2.38. The summed E-state index contributed by atoms with van der Waals surface area (Å²) in [6.45, 7) is 0.923. The third-order valence-electron chi connectivity index (χ3n) is 4.28. The summed E-state index contributed by atoms with van der Waals surface area (Å²) < 4.78 is 11.1. The van der Waals surface area contributed by atoms with E-state index < -0.39 is 0 Å². The number of aromatic nitrogens is 2. The van der Waals surface area contributed by atoms with Crippen molar-refractivity contribution in [2.45, 2.75) is 63.0 Å². The Hall–Kier alpha value is -0.940. The maximum Gasteiger partial charge on any atom is 0.228 e. The molecule has 1 aromatic heterocycles. The van der Waals surface area contributed by atoms with Crippen molar-refractivity contribution in [2.24, 2.45) is 0 Å². The van der Waals surface area contributed by atoms with Crippen LogP contribution in [0.15, 0.2) is 4.52 Å². The quantitative estimate of drug-likeness (QED) is 0.854. The molecule has 0 bridgehead atoms. The van der Waals surface area contributed by atoms with Gasteiger partial charge in [0.25, 0.3) is 0 Å². The molecule has 0 saturated heterocycles. The molecule has 2 saturated carbocycles.